The Bertz CT molecular complexity index is 697. The predicted octanol–water partition coefficient (Wildman–Crippen LogP) is 3.90. The maximum atomic E-state index is 11.1. The lowest BCUT2D eigenvalue weighted by Gasteiger charge is -2.09. The Hall–Kier alpha value is -2.18. The number of methoxy groups -OCH3 is 2. The van der Waals surface area contributed by atoms with Gasteiger partial charge in [0.25, 0.3) is 0 Å². The second-order valence-corrected chi connectivity index (χ2v) is 6.31. The summed E-state index contributed by atoms with van der Waals surface area (Å²) >= 11 is 3.32. The molecule has 5 nitrogen and oxygen atoms in total. The Balaban J connectivity index is 0.000000263. The molecule has 0 bridgehead atoms. The first kappa shape index (κ1) is 21.9. The fraction of sp³-hybridized carbons (Fsp3) is 0.300. The summed E-state index contributed by atoms with van der Waals surface area (Å²) in [6.07, 6.45) is 0. The summed E-state index contributed by atoms with van der Waals surface area (Å²) in [5.74, 6) is -0.586. The van der Waals surface area contributed by atoms with Crippen molar-refractivity contribution in [3.8, 4) is 0 Å². The minimum atomic E-state index is -0.295. The van der Waals surface area contributed by atoms with Gasteiger partial charge in [0.05, 0.1) is 25.3 Å². The van der Waals surface area contributed by atoms with Crippen molar-refractivity contribution >= 4 is 27.9 Å². The van der Waals surface area contributed by atoms with E-state index >= 15 is 0 Å². The molecule has 0 radical (unpaired) electrons. The monoisotopic (exact) mass is 421 g/mol. The van der Waals surface area contributed by atoms with Crippen molar-refractivity contribution in [2.45, 2.75) is 11.9 Å². The molecule has 0 aromatic heterocycles. The minimum Gasteiger partial charge on any atom is -0.465 e. The standard InChI is InChI=1S/C11H15NO2.C9H9BrO2/c1-12(2)8-9-4-6-10(7-5-9)11(13)14-3;1-12-9(11)8-4-2-7(6-10)3-5-8/h4-7H,8H2,1-3H3;2-5H,6H2,1H3. The summed E-state index contributed by atoms with van der Waals surface area (Å²) in [5.41, 5.74) is 3.50. The molecule has 0 atom stereocenters. The topological polar surface area (TPSA) is 55.8 Å². The molecule has 140 valence electrons. The minimum absolute atomic E-state index is 0.290. The lowest BCUT2D eigenvalue weighted by atomic mass is 10.1. The Morgan fingerprint density at radius 3 is 1.50 bits per heavy atom. The number of esters is 2. The van der Waals surface area contributed by atoms with Crippen LogP contribution in [0.4, 0.5) is 0 Å². The molecule has 0 unspecified atom stereocenters. The first-order valence-corrected chi connectivity index (χ1v) is 9.08. The first-order chi connectivity index (χ1) is 12.4. The van der Waals surface area contributed by atoms with Gasteiger partial charge in [-0.05, 0) is 49.5 Å². The average Bonchev–Trinajstić information content (AvgIpc) is 2.67. The Kier molecular flexibility index (Phi) is 9.62. The van der Waals surface area contributed by atoms with Gasteiger partial charge in [0.2, 0.25) is 0 Å². The van der Waals surface area contributed by atoms with Gasteiger partial charge in [-0.25, -0.2) is 9.59 Å². The summed E-state index contributed by atoms with van der Waals surface area (Å²) in [6.45, 7) is 0.876. The molecule has 0 heterocycles. The van der Waals surface area contributed by atoms with Crippen LogP contribution in [0.5, 0.6) is 0 Å². The average molecular weight is 422 g/mol. The Morgan fingerprint density at radius 2 is 1.19 bits per heavy atom. The number of rotatable bonds is 5. The molecule has 0 aliphatic heterocycles. The largest absolute Gasteiger partial charge is 0.465 e. The quantitative estimate of drug-likeness (QED) is 0.541. The van der Waals surface area contributed by atoms with E-state index in [4.69, 9.17) is 0 Å². The molecular formula is C20H24BrNO4. The number of carbonyl (C=O) groups excluding carboxylic acids is 2. The second-order valence-electron chi connectivity index (χ2n) is 5.75. The maximum Gasteiger partial charge on any atom is 0.337 e. The molecule has 0 aliphatic rings. The van der Waals surface area contributed by atoms with Crippen molar-refractivity contribution in [2.75, 3.05) is 28.3 Å². The molecule has 0 N–H and O–H groups in total. The van der Waals surface area contributed by atoms with Gasteiger partial charge < -0.3 is 14.4 Å². The van der Waals surface area contributed by atoms with E-state index in [1.165, 1.54) is 19.8 Å². The molecule has 0 saturated heterocycles. The molecule has 0 fully saturated rings. The number of ether oxygens (including phenoxy) is 2. The van der Waals surface area contributed by atoms with Crippen molar-refractivity contribution in [1.82, 2.24) is 4.90 Å². The SMILES string of the molecule is COC(=O)c1ccc(CBr)cc1.COC(=O)c1ccc(CN(C)C)cc1. The molecule has 0 amide bonds. The van der Waals surface area contributed by atoms with Crippen molar-refractivity contribution in [3.05, 3.63) is 70.8 Å². The lowest BCUT2D eigenvalue weighted by molar-refractivity contribution is 0.0592. The first-order valence-electron chi connectivity index (χ1n) is 7.96. The van der Waals surface area contributed by atoms with Gasteiger partial charge in [0, 0.05) is 11.9 Å². The van der Waals surface area contributed by atoms with Gasteiger partial charge in [-0.1, -0.05) is 40.2 Å². The smallest absolute Gasteiger partial charge is 0.337 e. The van der Waals surface area contributed by atoms with Crippen LogP contribution >= 0.6 is 15.9 Å². The van der Waals surface area contributed by atoms with Crippen LogP contribution in [0.3, 0.4) is 0 Å². The van der Waals surface area contributed by atoms with E-state index in [9.17, 15) is 9.59 Å². The van der Waals surface area contributed by atoms with E-state index in [0.29, 0.717) is 11.1 Å². The number of alkyl halides is 1. The summed E-state index contributed by atoms with van der Waals surface area (Å²) in [7, 11) is 6.78. The molecular weight excluding hydrogens is 398 g/mol. The highest BCUT2D eigenvalue weighted by Crippen LogP contribution is 2.08. The molecule has 2 rings (SSSR count). The van der Waals surface area contributed by atoms with Crippen LogP contribution in [-0.2, 0) is 21.3 Å². The third kappa shape index (κ3) is 7.37. The number of halogens is 1. The van der Waals surface area contributed by atoms with E-state index in [1.54, 1.807) is 24.3 Å². The van der Waals surface area contributed by atoms with Gasteiger partial charge in [-0.15, -0.1) is 0 Å². The summed E-state index contributed by atoms with van der Waals surface area (Å²) in [4.78, 5) is 24.2. The molecule has 0 aliphatic carbocycles. The zero-order valence-electron chi connectivity index (χ0n) is 15.5. The van der Waals surface area contributed by atoms with Crippen molar-refractivity contribution in [3.63, 3.8) is 0 Å². The summed E-state index contributed by atoms with van der Waals surface area (Å²) < 4.78 is 9.17. The number of hydrogen-bond donors (Lipinski definition) is 0. The third-order valence-electron chi connectivity index (χ3n) is 3.40. The highest BCUT2D eigenvalue weighted by molar-refractivity contribution is 9.08. The molecule has 0 spiro atoms. The van der Waals surface area contributed by atoms with E-state index < -0.39 is 0 Å². The fourth-order valence-electron chi connectivity index (χ4n) is 2.08. The second kappa shape index (κ2) is 11.4. The molecule has 2 aromatic carbocycles. The molecule has 6 heteroatoms. The van der Waals surface area contributed by atoms with Crippen LogP contribution in [0, 0.1) is 0 Å². The predicted molar refractivity (Wildman–Crippen MR) is 106 cm³/mol. The molecule has 26 heavy (non-hydrogen) atoms. The summed E-state index contributed by atoms with van der Waals surface area (Å²) in [6, 6.07) is 14.7. The van der Waals surface area contributed by atoms with Crippen molar-refractivity contribution in [2.24, 2.45) is 0 Å². The number of carbonyl (C=O) groups is 2. The van der Waals surface area contributed by atoms with Gasteiger partial charge in [0.1, 0.15) is 0 Å². The lowest BCUT2D eigenvalue weighted by Crippen LogP contribution is -2.10. The van der Waals surface area contributed by atoms with Crippen LogP contribution in [0.1, 0.15) is 31.8 Å². The van der Waals surface area contributed by atoms with Crippen LogP contribution in [-0.4, -0.2) is 45.2 Å². The summed E-state index contributed by atoms with van der Waals surface area (Å²) in [5, 5.41) is 0.800. The van der Waals surface area contributed by atoms with Crippen LogP contribution in [0.15, 0.2) is 48.5 Å². The normalized spacial score (nSPS) is 9.92. The van der Waals surface area contributed by atoms with Gasteiger partial charge in [-0.2, -0.15) is 0 Å². The molecule has 0 saturated carbocycles. The van der Waals surface area contributed by atoms with Gasteiger partial charge in [0.15, 0.2) is 0 Å². The van der Waals surface area contributed by atoms with E-state index in [-0.39, 0.29) is 11.9 Å². The number of benzene rings is 2. The van der Waals surface area contributed by atoms with Gasteiger partial charge in [-0.3, -0.25) is 0 Å². The zero-order chi connectivity index (χ0) is 19.5. The molecule has 2 aromatic rings. The number of nitrogens with zero attached hydrogens (tertiary/aromatic N) is 1. The van der Waals surface area contributed by atoms with E-state index in [1.807, 2.05) is 38.4 Å². The van der Waals surface area contributed by atoms with Crippen LogP contribution in [0.25, 0.3) is 0 Å². The third-order valence-corrected chi connectivity index (χ3v) is 4.05. The Morgan fingerprint density at radius 1 is 0.808 bits per heavy atom. The van der Waals surface area contributed by atoms with Gasteiger partial charge >= 0.3 is 11.9 Å². The van der Waals surface area contributed by atoms with Crippen molar-refractivity contribution < 1.29 is 19.1 Å². The van der Waals surface area contributed by atoms with Crippen LogP contribution in [0.2, 0.25) is 0 Å². The highest BCUT2D eigenvalue weighted by Gasteiger charge is 2.04. The Labute approximate surface area is 163 Å². The van der Waals surface area contributed by atoms with Crippen LogP contribution < -0.4 is 0 Å². The van der Waals surface area contributed by atoms with Crippen molar-refractivity contribution in [1.29, 1.82) is 0 Å². The highest BCUT2D eigenvalue weighted by atomic mass is 79.9. The van der Waals surface area contributed by atoms with E-state index in [2.05, 4.69) is 30.3 Å². The van der Waals surface area contributed by atoms with E-state index in [0.717, 1.165) is 17.4 Å². The fourth-order valence-corrected chi connectivity index (χ4v) is 2.45. The number of hydrogen-bond acceptors (Lipinski definition) is 5. The maximum absolute atomic E-state index is 11.1. The zero-order valence-corrected chi connectivity index (χ0v) is 17.1.